The quantitative estimate of drug-likeness (QED) is 0.277. The van der Waals surface area contributed by atoms with Gasteiger partial charge < -0.3 is 15.5 Å². The number of hydrogen-bond acceptors (Lipinski definition) is 8. The fourth-order valence-corrected chi connectivity index (χ4v) is 6.50. The van der Waals surface area contributed by atoms with Gasteiger partial charge in [0.2, 0.25) is 11.2 Å². The lowest BCUT2D eigenvalue weighted by molar-refractivity contribution is 0.594. The Morgan fingerprint density at radius 1 is 0.946 bits per heavy atom. The van der Waals surface area contributed by atoms with Gasteiger partial charge >= 0.3 is 0 Å². The van der Waals surface area contributed by atoms with Gasteiger partial charge in [0.25, 0.3) is 0 Å². The van der Waals surface area contributed by atoms with Crippen LogP contribution in [0, 0.1) is 0 Å². The summed E-state index contributed by atoms with van der Waals surface area (Å²) in [7, 11) is 0. The molecule has 3 N–H and O–H groups in total. The zero-order valence-electron chi connectivity index (χ0n) is 22.0. The fourth-order valence-electron chi connectivity index (χ4n) is 5.39. The smallest absolute Gasteiger partial charge is 0.207 e. The normalized spacial score (nSPS) is 19.3. The summed E-state index contributed by atoms with van der Waals surface area (Å²) >= 11 is 1.83. The second-order valence-corrected chi connectivity index (χ2v) is 12.1. The van der Waals surface area contributed by atoms with E-state index in [-0.39, 0.29) is 5.41 Å². The van der Waals surface area contributed by atoms with Gasteiger partial charge in [0.05, 0.1) is 32.9 Å². The highest BCUT2D eigenvalue weighted by Gasteiger charge is 2.26. The molecule has 3 aliphatic heterocycles. The lowest BCUT2D eigenvalue weighted by Gasteiger charge is -2.27. The lowest BCUT2D eigenvalue weighted by Crippen LogP contribution is -2.33. The third-order valence-corrected chi connectivity index (χ3v) is 8.43. The van der Waals surface area contributed by atoms with E-state index in [1.54, 1.807) is 0 Å². The monoisotopic (exact) mass is 518 g/mol. The maximum atomic E-state index is 5.34. The average Bonchev–Trinajstić information content (AvgIpc) is 3.10. The van der Waals surface area contributed by atoms with Crippen LogP contribution in [-0.2, 0) is 5.41 Å². The van der Waals surface area contributed by atoms with Crippen LogP contribution in [0.4, 0.5) is 5.69 Å². The molecule has 2 saturated heterocycles. The van der Waals surface area contributed by atoms with Crippen molar-refractivity contribution >= 4 is 27.2 Å². The summed E-state index contributed by atoms with van der Waals surface area (Å²) in [6.07, 6.45) is 2.28. The molecule has 0 atom stereocenters. The van der Waals surface area contributed by atoms with Crippen LogP contribution in [-0.4, -0.2) is 78.0 Å². The molecule has 0 radical (unpaired) electrons. The Bertz CT molecular complexity index is 1420. The fraction of sp³-hybridized carbons (Fsp3) is 0.519. The van der Waals surface area contributed by atoms with Crippen LogP contribution >= 0.6 is 11.3 Å². The van der Waals surface area contributed by atoms with Crippen molar-refractivity contribution in [3.63, 3.8) is 0 Å². The Hall–Kier alpha value is -2.95. The zero-order valence-corrected chi connectivity index (χ0v) is 22.8. The second-order valence-electron chi connectivity index (χ2n) is 11.1. The lowest BCUT2D eigenvalue weighted by atomic mass is 9.85. The highest BCUT2D eigenvalue weighted by Crippen LogP contribution is 2.41. The number of benzene rings is 2. The summed E-state index contributed by atoms with van der Waals surface area (Å²) < 4.78 is 3.68. The summed E-state index contributed by atoms with van der Waals surface area (Å²) in [5, 5.41) is 23.4. The van der Waals surface area contributed by atoms with E-state index in [1.165, 1.54) is 21.3 Å². The molecule has 194 valence electrons. The predicted molar refractivity (Wildman–Crippen MR) is 150 cm³/mol. The van der Waals surface area contributed by atoms with Crippen LogP contribution in [0.1, 0.15) is 39.2 Å². The minimum absolute atomic E-state index is 0.0446. The maximum absolute atomic E-state index is 5.34. The van der Waals surface area contributed by atoms with Crippen molar-refractivity contribution in [1.82, 2.24) is 40.8 Å². The number of anilines is 1. The van der Waals surface area contributed by atoms with E-state index in [0.717, 1.165) is 86.9 Å². The SMILES string of the molecule is CC(C)(C)c1cc(N2CCCNCC2)cc2sc3cc(=[N+]4CCCNCC4)cc(-c4nn[nH]n4)c-3nc12. The number of hydrogen-bond donors (Lipinski definition) is 3. The Morgan fingerprint density at radius 2 is 1.81 bits per heavy atom. The molecule has 0 saturated carbocycles. The van der Waals surface area contributed by atoms with E-state index in [4.69, 9.17) is 4.98 Å². The van der Waals surface area contributed by atoms with E-state index in [9.17, 15) is 0 Å². The van der Waals surface area contributed by atoms with Crippen molar-refractivity contribution in [1.29, 1.82) is 0 Å². The van der Waals surface area contributed by atoms with Crippen molar-refractivity contribution in [3.05, 3.63) is 35.2 Å². The summed E-state index contributed by atoms with van der Waals surface area (Å²) in [4.78, 5) is 9.01. The van der Waals surface area contributed by atoms with Gasteiger partial charge in [-0.05, 0) is 41.3 Å². The Balaban J connectivity index is 1.62. The first-order chi connectivity index (χ1) is 18.0. The van der Waals surface area contributed by atoms with E-state index in [1.807, 2.05) is 11.3 Å². The molecular formula is C27H36N9S+. The van der Waals surface area contributed by atoms with Crippen LogP contribution in [0.5, 0.6) is 0 Å². The van der Waals surface area contributed by atoms with E-state index in [2.05, 4.69) is 85.8 Å². The largest absolute Gasteiger partial charge is 0.370 e. The molecule has 2 fully saturated rings. The summed E-state index contributed by atoms with van der Waals surface area (Å²) in [6, 6.07) is 9.22. The van der Waals surface area contributed by atoms with Crippen LogP contribution in [0.2, 0.25) is 0 Å². The van der Waals surface area contributed by atoms with E-state index >= 15 is 0 Å². The van der Waals surface area contributed by atoms with Gasteiger partial charge in [-0.25, -0.2) is 9.56 Å². The van der Waals surface area contributed by atoms with Crippen LogP contribution in [0.3, 0.4) is 0 Å². The number of tetrazole rings is 1. The van der Waals surface area contributed by atoms with Gasteiger partial charge in [-0.2, -0.15) is 5.21 Å². The van der Waals surface area contributed by atoms with Crippen molar-refractivity contribution in [2.45, 2.75) is 39.0 Å². The molecule has 4 aliphatic rings. The molecule has 10 heteroatoms. The van der Waals surface area contributed by atoms with Gasteiger partial charge in [0.15, 0.2) is 6.54 Å². The minimum atomic E-state index is -0.0446. The number of nitrogens with one attached hydrogen (secondary N) is 3. The van der Waals surface area contributed by atoms with E-state index < -0.39 is 0 Å². The summed E-state index contributed by atoms with van der Waals surface area (Å²) in [6.45, 7) is 15.1. The molecule has 0 spiro atoms. The first kappa shape index (κ1) is 24.4. The van der Waals surface area contributed by atoms with Crippen LogP contribution in [0.15, 0.2) is 24.3 Å². The van der Waals surface area contributed by atoms with Gasteiger partial charge in [-0.15, -0.1) is 21.5 Å². The van der Waals surface area contributed by atoms with Gasteiger partial charge in [-0.1, -0.05) is 20.8 Å². The van der Waals surface area contributed by atoms with Crippen molar-refractivity contribution in [3.8, 4) is 22.0 Å². The molecule has 4 heterocycles. The molecule has 0 bridgehead atoms. The topological polar surface area (TPSA) is 97.7 Å². The number of aromatic amines is 1. The van der Waals surface area contributed by atoms with Crippen LogP contribution < -0.4 is 25.5 Å². The Kier molecular flexibility index (Phi) is 6.64. The highest BCUT2D eigenvalue weighted by molar-refractivity contribution is 7.21. The first-order valence-corrected chi connectivity index (χ1v) is 14.2. The summed E-state index contributed by atoms with van der Waals surface area (Å²) in [5.74, 6) is 0.588. The molecular weight excluding hydrogens is 482 g/mol. The van der Waals surface area contributed by atoms with Gasteiger partial charge in [-0.3, -0.25) is 0 Å². The highest BCUT2D eigenvalue weighted by atomic mass is 32.1. The predicted octanol–water partition coefficient (Wildman–Crippen LogP) is 2.44. The van der Waals surface area contributed by atoms with E-state index in [0.29, 0.717) is 5.82 Å². The van der Waals surface area contributed by atoms with Crippen molar-refractivity contribution < 1.29 is 0 Å². The molecule has 9 nitrogen and oxygen atoms in total. The molecule has 37 heavy (non-hydrogen) atoms. The number of nitrogens with zero attached hydrogens (tertiary/aromatic N) is 6. The number of aromatic nitrogens is 5. The first-order valence-electron chi connectivity index (χ1n) is 13.4. The third kappa shape index (κ3) is 4.97. The standard InChI is InChI=1S/C27H35N9S/c1-27(2,3)21-15-19(36-11-5-7-29-9-13-36)17-23-25(21)30-24-20(26-31-33-34-32-26)14-18(16-22(24)37-23)35-10-4-6-28-8-12-35/h14-17,28-29H,4-13H2,1-3H3/p+1. The maximum Gasteiger partial charge on any atom is 0.207 e. The molecule has 0 unspecified atom stereocenters. The second kappa shape index (κ2) is 10.1. The molecule has 2 aromatic rings. The van der Waals surface area contributed by atoms with Gasteiger partial charge in [0.1, 0.15) is 6.54 Å². The van der Waals surface area contributed by atoms with Gasteiger partial charge in [0, 0.05) is 50.4 Å². The molecule has 6 rings (SSSR count). The Morgan fingerprint density at radius 3 is 2.65 bits per heavy atom. The molecule has 1 aromatic carbocycles. The molecule has 0 amide bonds. The van der Waals surface area contributed by atoms with Crippen LogP contribution in [0.25, 0.3) is 32.2 Å². The minimum Gasteiger partial charge on any atom is -0.370 e. The van der Waals surface area contributed by atoms with Crippen molar-refractivity contribution in [2.24, 2.45) is 0 Å². The molecule has 1 aliphatic carbocycles. The Labute approximate surface area is 221 Å². The average molecular weight is 519 g/mol. The number of rotatable bonds is 2. The number of fused-ring (bicyclic) bond motifs is 2. The summed E-state index contributed by atoms with van der Waals surface area (Å²) in [5.41, 5.74) is 5.46. The zero-order chi connectivity index (χ0) is 25.4. The van der Waals surface area contributed by atoms with Crippen molar-refractivity contribution in [2.75, 3.05) is 57.3 Å². The third-order valence-electron chi connectivity index (χ3n) is 7.37. The number of H-pyrrole nitrogens is 1. The molecule has 1 aromatic heterocycles.